The number of rotatable bonds is 11. The highest BCUT2D eigenvalue weighted by Gasteiger charge is 2.38. The number of carbonyl (C=O) groups excluding carboxylic acids is 5. The van der Waals surface area contributed by atoms with Gasteiger partial charge in [-0.3, -0.25) is 24.2 Å². The number of anilines is 2. The van der Waals surface area contributed by atoms with Gasteiger partial charge in [-0.1, -0.05) is 11.6 Å². The van der Waals surface area contributed by atoms with Crippen LogP contribution in [0.4, 0.5) is 20.6 Å². The minimum atomic E-state index is -1.47. The van der Waals surface area contributed by atoms with Gasteiger partial charge in [0.15, 0.2) is 0 Å². The van der Waals surface area contributed by atoms with Crippen molar-refractivity contribution in [2.45, 2.75) is 18.6 Å². The van der Waals surface area contributed by atoms with E-state index < -0.39 is 54.9 Å². The summed E-state index contributed by atoms with van der Waals surface area (Å²) in [5, 5.41) is 14.3. The molecule has 0 saturated carbocycles. The maximum atomic E-state index is 15.2. The monoisotopic (exact) mass is 719 g/mol. The van der Waals surface area contributed by atoms with E-state index in [1.165, 1.54) is 41.7 Å². The van der Waals surface area contributed by atoms with Crippen LogP contribution in [0.25, 0.3) is 0 Å². The number of nitrogens with zero attached hydrogens (tertiary/aromatic N) is 4. The average molecular weight is 721 g/mol. The van der Waals surface area contributed by atoms with Crippen molar-refractivity contribution in [3.05, 3.63) is 63.6 Å². The fourth-order valence-corrected chi connectivity index (χ4v) is 5.70. The maximum Gasteiger partial charge on any atom is 0.414 e. The minimum absolute atomic E-state index is 0. The molecule has 2 aliphatic heterocycles. The number of hydrogen-bond donors (Lipinski definition) is 2. The van der Waals surface area contributed by atoms with E-state index in [2.05, 4.69) is 15.3 Å². The molecule has 46 heavy (non-hydrogen) atoms. The van der Waals surface area contributed by atoms with Crippen LogP contribution < -0.4 is 20.2 Å². The molecule has 4 amide bonds. The third-order valence-corrected chi connectivity index (χ3v) is 8.09. The van der Waals surface area contributed by atoms with E-state index in [0.29, 0.717) is 22.3 Å². The van der Waals surface area contributed by atoms with Gasteiger partial charge >= 0.3 is 6.09 Å². The number of hydrogen-bond acceptors (Lipinski definition) is 11. The van der Waals surface area contributed by atoms with Crippen LogP contribution in [-0.4, -0.2) is 96.2 Å². The van der Waals surface area contributed by atoms with Crippen LogP contribution in [0.1, 0.15) is 15.4 Å². The molecule has 0 radical (unpaired) electrons. The first kappa shape index (κ1) is 36.7. The summed E-state index contributed by atoms with van der Waals surface area (Å²) >= 11 is 6.91. The molecular weight excluding hydrogens is 694 g/mol. The van der Waals surface area contributed by atoms with Crippen molar-refractivity contribution in [3.63, 3.8) is 0 Å². The van der Waals surface area contributed by atoms with Crippen LogP contribution in [0.3, 0.4) is 0 Å². The Labute approximate surface area is 282 Å². The summed E-state index contributed by atoms with van der Waals surface area (Å²) in [4.78, 5) is 73.2. The summed E-state index contributed by atoms with van der Waals surface area (Å²) < 4.78 is 26.0. The first-order valence-electron chi connectivity index (χ1n) is 13.3. The van der Waals surface area contributed by atoms with Crippen LogP contribution in [0.2, 0.25) is 4.34 Å². The fraction of sp³-hybridized carbons (Fsp3) is 0.333. The molecule has 2 atom stereocenters. The number of imidazole rings is 1. The molecular formula is C27H27Cl3FN6O8S-. The summed E-state index contributed by atoms with van der Waals surface area (Å²) in [6.45, 7) is -0.755. The molecule has 3 aromatic rings. The molecule has 2 N–H and O–H groups in total. The number of thiophene rings is 1. The fourth-order valence-electron chi connectivity index (χ4n) is 4.71. The second-order valence-corrected chi connectivity index (χ2v) is 11.5. The molecule has 4 heterocycles. The maximum absolute atomic E-state index is 15.2. The Morgan fingerprint density at radius 3 is 2.63 bits per heavy atom. The topological polar surface area (TPSA) is 177 Å². The lowest BCUT2D eigenvalue weighted by atomic mass is 10.1. The molecule has 2 saturated heterocycles. The van der Waals surface area contributed by atoms with Crippen LogP contribution in [0, 0.1) is 5.82 Å². The number of benzene rings is 1. The number of nitrogens with one attached hydrogen (secondary N) is 2. The molecule has 2 aromatic heterocycles. The molecule has 2 fully saturated rings. The zero-order chi connectivity index (χ0) is 31.4. The van der Waals surface area contributed by atoms with Crippen molar-refractivity contribution >= 4 is 88.9 Å². The van der Waals surface area contributed by atoms with E-state index in [4.69, 9.17) is 21.1 Å². The Hall–Kier alpha value is -3.80. The molecule has 5 rings (SSSR count). The van der Waals surface area contributed by atoms with E-state index in [-0.39, 0.29) is 67.4 Å². The molecule has 1 aromatic carbocycles. The predicted molar refractivity (Wildman–Crippen MR) is 166 cm³/mol. The number of halogens is 4. The van der Waals surface area contributed by atoms with Crippen molar-refractivity contribution in [2.24, 2.45) is 0 Å². The number of amides is 4. The third kappa shape index (κ3) is 8.51. The summed E-state index contributed by atoms with van der Waals surface area (Å²) in [5.74, 6) is -4.14. The lowest BCUT2D eigenvalue weighted by Crippen LogP contribution is -2.52. The highest BCUT2D eigenvalue weighted by atomic mass is 35.5. The van der Waals surface area contributed by atoms with Crippen molar-refractivity contribution in [3.8, 4) is 0 Å². The minimum Gasteiger partial charge on any atom is -0.548 e. The summed E-state index contributed by atoms with van der Waals surface area (Å²) in [6.07, 6.45) is 0.778. The van der Waals surface area contributed by atoms with Gasteiger partial charge in [-0.25, -0.2) is 14.2 Å². The van der Waals surface area contributed by atoms with E-state index in [0.717, 1.165) is 27.2 Å². The van der Waals surface area contributed by atoms with Crippen molar-refractivity contribution < 1.29 is 42.9 Å². The number of H-pyrrole nitrogens is 1. The summed E-state index contributed by atoms with van der Waals surface area (Å²) in [6, 6.07) is 5.57. The van der Waals surface area contributed by atoms with Gasteiger partial charge in [0.2, 0.25) is 5.91 Å². The smallest absolute Gasteiger partial charge is 0.414 e. The molecule has 0 bridgehead atoms. The van der Waals surface area contributed by atoms with Gasteiger partial charge in [0.25, 0.3) is 11.8 Å². The standard InChI is InChI=1S/C27H26ClFN6O8S.2ClH/c28-22-4-3-21(44-22)25(38)35(23(36)10-31-19(26(39)40)7-15-9-30-14-32-15)12-17-11-34(27(41)43-17)20-2-1-16(8-18(20)29)33-5-6-42-13-24(33)37;;/h1-4,8-9,14,17,19,31H,5-7,10-13H2,(H,30,32)(H,39,40);2*1H/p-1/t17-,19-;;/m1../s1. The zero-order valence-corrected chi connectivity index (χ0v) is 26.9. The largest absolute Gasteiger partial charge is 0.548 e. The number of aromatic nitrogens is 2. The number of aromatic amines is 1. The normalized spacial score (nSPS) is 16.7. The van der Waals surface area contributed by atoms with Gasteiger partial charge in [0.05, 0.1) is 59.5 Å². The Bertz CT molecular complexity index is 1580. The average Bonchev–Trinajstić information content (AvgIpc) is 3.75. The first-order valence-corrected chi connectivity index (χ1v) is 14.5. The van der Waals surface area contributed by atoms with Gasteiger partial charge < -0.3 is 34.6 Å². The number of carboxylic acid groups (broad SMARTS) is 1. The quantitative estimate of drug-likeness (QED) is 0.295. The van der Waals surface area contributed by atoms with Crippen LogP contribution >= 0.6 is 47.8 Å². The Morgan fingerprint density at radius 1 is 1.22 bits per heavy atom. The molecule has 248 valence electrons. The van der Waals surface area contributed by atoms with Gasteiger partial charge in [0.1, 0.15) is 18.5 Å². The number of cyclic esters (lactones) is 1. The van der Waals surface area contributed by atoms with Crippen LogP contribution in [0.15, 0.2) is 42.9 Å². The third-order valence-electron chi connectivity index (χ3n) is 6.87. The molecule has 0 spiro atoms. The lowest BCUT2D eigenvalue weighted by molar-refractivity contribution is -0.308. The van der Waals surface area contributed by atoms with Crippen molar-refractivity contribution in [2.75, 3.05) is 49.2 Å². The SMILES string of the molecule is Cl.Cl.O=C([O-])[C@@H](Cc1cnc[nH]1)NCC(=O)N(C[C@H]1CN(c2ccc(N3CCOCC3=O)cc2F)C(=O)O1)C(=O)c1ccc(Cl)s1. The van der Waals surface area contributed by atoms with Gasteiger partial charge in [0, 0.05) is 30.5 Å². The molecule has 2 aliphatic rings. The highest BCUT2D eigenvalue weighted by Crippen LogP contribution is 2.30. The Morgan fingerprint density at radius 2 is 2.00 bits per heavy atom. The summed E-state index contributed by atoms with van der Waals surface area (Å²) in [5.41, 5.74) is 0.666. The zero-order valence-electron chi connectivity index (χ0n) is 23.7. The number of ether oxygens (including phenoxy) is 2. The molecule has 0 aliphatic carbocycles. The number of morpholine rings is 1. The van der Waals surface area contributed by atoms with E-state index >= 15 is 4.39 Å². The number of carboxylic acids is 1. The van der Waals surface area contributed by atoms with Crippen molar-refractivity contribution in [1.82, 2.24) is 20.2 Å². The van der Waals surface area contributed by atoms with Crippen LogP contribution in [-0.2, 0) is 30.3 Å². The van der Waals surface area contributed by atoms with E-state index in [9.17, 15) is 29.1 Å². The number of carbonyl (C=O) groups is 5. The summed E-state index contributed by atoms with van der Waals surface area (Å²) in [7, 11) is 0. The van der Waals surface area contributed by atoms with E-state index in [1.807, 2.05) is 0 Å². The van der Waals surface area contributed by atoms with Crippen molar-refractivity contribution in [1.29, 1.82) is 0 Å². The number of imide groups is 1. The van der Waals surface area contributed by atoms with Gasteiger partial charge in [-0.2, -0.15) is 0 Å². The highest BCUT2D eigenvalue weighted by molar-refractivity contribution is 7.18. The Kier molecular flexibility index (Phi) is 12.9. The first-order chi connectivity index (χ1) is 21.1. The second-order valence-electron chi connectivity index (χ2n) is 9.80. The Balaban J connectivity index is 0.00000288. The van der Waals surface area contributed by atoms with E-state index in [1.54, 1.807) is 0 Å². The molecule has 14 nitrogen and oxygen atoms in total. The van der Waals surface area contributed by atoms with Crippen LogP contribution in [0.5, 0.6) is 0 Å². The lowest BCUT2D eigenvalue weighted by Gasteiger charge is -2.27. The molecule has 19 heteroatoms. The second kappa shape index (κ2) is 16.2. The van der Waals surface area contributed by atoms with Gasteiger partial charge in [-0.15, -0.1) is 36.2 Å². The molecule has 0 unspecified atom stereocenters. The number of aliphatic carboxylic acids is 1. The van der Waals surface area contributed by atoms with Gasteiger partial charge in [-0.05, 0) is 30.3 Å². The predicted octanol–water partition coefficient (Wildman–Crippen LogP) is 1.42.